The van der Waals surface area contributed by atoms with E-state index in [1.54, 1.807) is 6.20 Å². The average Bonchev–Trinajstić information content (AvgIpc) is 2.57. The number of carbonyl (C=O) groups is 1. The second-order valence-electron chi connectivity index (χ2n) is 3.67. The van der Waals surface area contributed by atoms with E-state index in [-0.39, 0.29) is 11.8 Å². The van der Waals surface area contributed by atoms with Crippen LogP contribution in [0.25, 0.3) is 0 Å². The second kappa shape index (κ2) is 3.29. The number of nitrogens with zero attached hydrogens (tertiary/aromatic N) is 1. The lowest BCUT2D eigenvalue weighted by atomic mass is 10.0. The summed E-state index contributed by atoms with van der Waals surface area (Å²) in [6.45, 7) is 2.64. The van der Waals surface area contributed by atoms with Crippen LogP contribution in [0, 0.1) is 6.92 Å². The molecule has 0 aliphatic carbocycles. The molecule has 0 saturated carbocycles. The van der Waals surface area contributed by atoms with Crippen LogP contribution < -0.4 is 11.1 Å². The molecule has 1 aromatic heterocycles. The smallest absolute Gasteiger partial charge is 0.220 e. The fourth-order valence-electron chi connectivity index (χ4n) is 1.63. The minimum atomic E-state index is 0.103. The number of aryl methyl sites for hydroxylation is 1. The lowest BCUT2D eigenvalue weighted by Gasteiger charge is -2.08. The number of rotatable bonds is 1. The minimum absolute atomic E-state index is 0.103. The van der Waals surface area contributed by atoms with Crippen LogP contribution in [-0.2, 0) is 4.79 Å². The lowest BCUT2D eigenvalue weighted by Crippen LogP contribution is -2.13. The number of nitrogens with one attached hydrogen (secondary N) is 1. The van der Waals surface area contributed by atoms with Gasteiger partial charge in [-0.25, -0.2) is 0 Å². The van der Waals surface area contributed by atoms with Gasteiger partial charge in [0, 0.05) is 24.6 Å². The number of nitrogens with two attached hydrogens (primary N) is 1. The molecule has 0 unspecified atom stereocenters. The van der Waals surface area contributed by atoms with Gasteiger partial charge in [0.2, 0.25) is 5.91 Å². The standard InChI is InChI=1S/C10H13N3O/c1-6-2-9(12-5-8(6)11)7-3-10(14)13-4-7/h2,5,7H,3-4,11H2,1H3,(H,13,14)/t7-/m0/s1. The van der Waals surface area contributed by atoms with Crippen molar-refractivity contribution in [3.05, 3.63) is 23.5 Å². The molecular formula is C10H13N3O. The monoisotopic (exact) mass is 191 g/mol. The Labute approximate surface area is 82.5 Å². The Bertz CT molecular complexity index is 376. The quantitative estimate of drug-likeness (QED) is 0.682. The van der Waals surface area contributed by atoms with Crippen LogP contribution in [0.5, 0.6) is 0 Å². The van der Waals surface area contributed by atoms with Crippen LogP contribution in [0.2, 0.25) is 0 Å². The number of aromatic nitrogens is 1. The molecule has 1 amide bonds. The first-order chi connectivity index (χ1) is 6.66. The second-order valence-corrected chi connectivity index (χ2v) is 3.67. The van der Waals surface area contributed by atoms with Crippen molar-refractivity contribution < 1.29 is 4.79 Å². The van der Waals surface area contributed by atoms with Crippen molar-refractivity contribution in [2.45, 2.75) is 19.3 Å². The molecule has 0 aromatic carbocycles. The van der Waals surface area contributed by atoms with E-state index in [0.717, 1.165) is 11.3 Å². The summed E-state index contributed by atoms with van der Waals surface area (Å²) in [5.74, 6) is 0.313. The number of nitrogen functional groups attached to an aromatic ring is 1. The zero-order valence-electron chi connectivity index (χ0n) is 8.08. The summed E-state index contributed by atoms with van der Waals surface area (Å²) in [7, 11) is 0. The summed E-state index contributed by atoms with van der Waals surface area (Å²) in [5, 5.41) is 2.79. The summed E-state index contributed by atoms with van der Waals surface area (Å²) in [4.78, 5) is 15.3. The highest BCUT2D eigenvalue weighted by Gasteiger charge is 2.24. The van der Waals surface area contributed by atoms with E-state index in [1.807, 2.05) is 13.0 Å². The summed E-state index contributed by atoms with van der Waals surface area (Å²) >= 11 is 0. The highest BCUT2D eigenvalue weighted by molar-refractivity contribution is 5.79. The van der Waals surface area contributed by atoms with Gasteiger partial charge in [-0.3, -0.25) is 9.78 Å². The summed E-state index contributed by atoms with van der Waals surface area (Å²) < 4.78 is 0. The molecule has 2 rings (SSSR count). The third-order valence-electron chi connectivity index (χ3n) is 2.57. The van der Waals surface area contributed by atoms with E-state index in [0.29, 0.717) is 18.7 Å². The molecule has 2 heterocycles. The molecule has 1 atom stereocenters. The van der Waals surface area contributed by atoms with Gasteiger partial charge in [-0.1, -0.05) is 0 Å². The normalized spacial score (nSPS) is 20.9. The van der Waals surface area contributed by atoms with Crippen LogP contribution >= 0.6 is 0 Å². The molecule has 0 radical (unpaired) electrons. The zero-order valence-corrected chi connectivity index (χ0v) is 8.08. The van der Waals surface area contributed by atoms with Crippen molar-refractivity contribution in [2.24, 2.45) is 0 Å². The Morgan fingerprint density at radius 1 is 1.64 bits per heavy atom. The third kappa shape index (κ3) is 1.55. The molecule has 0 spiro atoms. The Balaban J connectivity index is 2.24. The molecule has 0 bridgehead atoms. The van der Waals surface area contributed by atoms with Gasteiger partial charge in [-0.2, -0.15) is 0 Å². The van der Waals surface area contributed by atoms with Crippen molar-refractivity contribution in [3.63, 3.8) is 0 Å². The molecule has 1 aromatic rings. The maximum absolute atomic E-state index is 11.0. The highest BCUT2D eigenvalue weighted by Crippen LogP contribution is 2.23. The van der Waals surface area contributed by atoms with Gasteiger partial charge in [0.1, 0.15) is 0 Å². The van der Waals surface area contributed by atoms with Crippen LogP contribution in [0.3, 0.4) is 0 Å². The zero-order chi connectivity index (χ0) is 10.1. The van der Waals surface area contributed by atoms with Gasteiger partial charge in [0.25, 0.3) is 0 Å². The molecule has 1 fully saturated rings. The fourth-order valence-corrected chi connectivity index (χ4v) is 1.63. The first-order valence-electron chi connectivity index (χ1n) is 4.65. The van der Waals surface area contributed by atoms with Crippen LogP contribution in [0.15, 0.2) is 12.3 Å². The highest BCUT2D eigenvalue weighted by atomic mass is 16.1. The van der Waals surface area contributed by atoms with Crippen LogP contribution in [-0.4, -0.2) is 17.4 Å². The van der Waals surface area contributed by atoms with E-state index < -0.39 is 0 Å². The molecule has 74 valence electrons. The molecule has 1 aliphatic rings. The maximum Gasteiger partial charge on any atom is 0.220 e. The van der Waals surface area contributed by atoms with E-state index >= 15 is 0 Å². The molecule has 1 aliphatic heterocycles. The summed E-state index contributed by atoms with van der Waals surface area (Å²) in [6.07, 6.45) is 2.20. The number of hydrogen-bond acceptors (Lipinski definition) is 3. The fraction of sp³-hybridized carbons (Fsp3) is 0.400. The van der Waals surface area contributed by atoms with Crippen molar-refractivity contribution in [3.8, 4) is 0 Å². The molecular weight excluding hydrogens is 178 g/mol. The predicted octanol–water partition coefficient (Wildman–Crippen LogP) is 0.576. The summed E-state index contributed by atoms with van der Waals surface area (Å²) in [5.41, 5.74) is 8.35. The van der Waals surface area contributed by atoms with Crippen LogP contribution in [0.4, 0.5) is 5.69 Å². The van der Waals surface area contributed by atoms with Gasteiger partial charge in [0.15, 0.2) is 0 Å². The third-order valence-corrected chi connectivity index (χ3v) is 2.57. The number of hydrogen-bond donors (Lipinski definition) is 2. The predicted molar refractivity (Wildman–Crippen MR) is 53.8 cm³/mol. The Morgan fingerprint density at radius 2 is 2.43 bits per heavy atom. The molecule has 4 nitrogen and oxygen atoms in total. The minimum Gasteiger partial charge on any atom is -0.397 e. The molecule has 14 heavy (non-hydrogen) atoms. The van der Waals surface area contributed by atoms with E-state index in [1.165, 1.54) is 0 Å². The van der Waals surface area contributed by atoms with Gasteiger partial charge < -0.3 is 11.1 Å². The van der Waals surface area contributed by atoms with Gasteiger partial charge in [-0.05, 0) is 18.6 Å². The first-order valence-corrected chi connectivity index (χ1v) is 4.65. The number of amides is 1. The Kier molecular flexibility index (Phi) is 2.11. The number of carbonyl (C=O) groups excluding carboxylic acids is 1. The summed E-state index contributed by atoms with van der Waals surface area (Å²) in [6, 6.07) is 1.96. The largest absolute Gasteiger partial charge is 0.397 e. The van der Waals surface area contributed by atoms with Gasteiger partial charge in [0.05, 0.1) is 11.9 Å². The lowest BCUT2D eigenvalue weighted by molar-refractivity contribution is -0.119. The molecule has 4 heteroatoms. The van der Waals surface area contributed by atoms with Crippen molar-refractivity contribution in [1.82, 2.24) is 10.3 Å². The maximum atomic E-state index is 11.0. The molecule has 3 N–H and O–H groups in total. The van der Waals surface area contributed by atoms with E-state index in [2.05, 4.69) is 10.3 Å². The SMILES string of the molecule is Cc1cc([C@@H]2CNC(=O)C2)ncc1N. The Hall–Kier alpha value is -1.58. The van der Waals surface area contributed by atoms with Gasteiger partial charge in [-0.15, -0.1) is 0 Å². The van der Waals surface area contributed by atoms with Crippen molar-refractivity contribution in [2.75, 3.05) is 12.3 Å². The van der Waals surface area contributed by atoms with E-state index in [4.69, 9.17) is 5.73 Å². The van der Waals surface area contributed by atoms with E-state index in [9.17, 15) is 4.79 Å². The topological polar surface area (TPSA) is 68.0 Å². The van der Waals surface area contributed by atoms with Crippen molar-refractivity contribution in [1.29, 1.82) is 0 Å². The van der Waals surface area contributed by atoms with Crippen molar-refractivity contribution >= 4 is 11.6 Å². The number of anilines is 1. The van der Waals surface area contributed by atoms with Crippen LogP contribution in [0.1, 0.15) is 23.6 Å². The van der Waals surface area contributed by atoms with Gasteiger partial charge >= 0.3 is 0 Å². The first kappa shape index (κ1) is 8.99. The average molecular weight is 191 g/mol. The Morgan fingerprint density at radius 3 is 3.00 bits per heavy atom. The molecule has 1 saturated heterocycles. The number of pyridine rings is 1.